The van der Waals surface area contributed by atoms with Crippen LogP contribution in [-0.2, 0) is 17.9 Å². The minimum Gasteiger partial charge on any atom is -0.332 e. The predicted octanol–water partition coefficient (Wildman–Crippen LogP) is 0.138. The standard InChI is InChI=1S/C11H19N5O/c1-3-11(12,4-2)10(17)15-5-6-16-8-13-14-9(16)7-15/h8H,3-7,12H2,1-2H3. The fourth-order valence-electron chi connectivity index (χ4n) is 2.11. The summed E-state index contributed by atoms with van der Waals surface area (Å²) in [4.78, 5) is 14.1. The second-order valence-corrected chi connectivity index (χ2v) is 4.53. The van der Waals surface area contributed by atoms with E-state index in [4.69, 9.17) is 5.73 Å². The van der Waals surface area contributed by atoms with E-state index in [9.17, 15) is 4.79 Å². The van der Waals surface area contributed by atoms with E-state index in [1.807, 2.05) is 18.4 Å². The summed E-state index contributed by atoms with van der Waals surface area (Å²) in [6.07, 6.45) is 3.02. The first kappa shape index (κ1) is 12.0. The van der Waals surface area contributed by atoms with Crippen LogP contribution in [0.4, 0.5) is 0 Å². The van der Waals surface area contributed by atoms with Gasteiger partial charge in [0, 0.05) is 13.1 Å². The molecule has 0 radical (unpaired) electrons. The SMILES string of the molecule is CCC(N)(CC)C(=O)N1CCn2cnnc2C1. The highest BCUT2D eigenvalue weighted by atomic mass is 16.2. The Morgan fingerprint density at radius 1 is 1.47 bits per heavy atom. The Kier molecular flexibility index (Phi) is 3.15. The lowest BCUT2D eigenvalue weighted by molar-refractivity contribution is -0.138. The zero-order valence-electron chi connectivity index (χ0n) is 10.4. The molecular formula is C11H19N5O. The number of carbonyl (C=O) groups excluding carboxylic acids is 1. The van der Waals surface area contributed by atoms with Crippen molar-refractivity contribution < 1.29 is 4.79 Å². The van der Waals surface area contributed by atoms with E-state index in [0.717, 1.165) is 12.4 Å². The fourth-order valence-corrected chi connectivity index (χ4v) is 2.11. The second-order valence-electron chi connectivity index (χ2n) is 4.53. The van der Waals surface area contributed by atoms with Gasteiger partial charge in [0.2, 0.25) is 5.91 Å². The number of rotatable bonds is 3. The number of amides is 1. The van der Waals surface area contributed by atoms with Gasteiger partial charge < -0.3 is 15.2 Å². The van der Waals surface area contributed by atoms with Crippen molar-refractivity contribution in [1.82, 2.24) is 19.7 Å². The van der Waals surface area contributed by atoms with Crippen molar-refractivity contribution in [2.24, 2.45) is 5.73 Å². The molecule has 0 aromatic carbocycles. The topological polar surface area (TPSA) is 77.0 Å². The van der Waals surface area contributed by atoms with Crippen molar-refractivity contribution in [3.63, 3.8) is 0 Å². The highest BCUT2D eigenvalue weighted by Gasteiger charge is 2.35. The Balaban J connectivity index is 2.13. The lowest BCUT2D eigenvalue weighted by atomic mass is 9.92. The average Bonchev–Trinajstić information content (AvgIpc) is 2.84. The molecule has 6 heteroatoms. The van der Waals surface area contributed by atoms with Crippen molar-refractivity contribution in [2.45, 2.75) is 45.3 Å². The maximum atomic E-state index is 12.4. The molecule has 1 aromatic heterocycles. The lowest BCUT2D eigenvalue weighted by Gasteiger charge is -2.35. The normalized spacial score (nSPS) is 15.8. The first-order chi connectivity index (χ1) is 8.10. The molecule has 94 valence electrons. The third-order valence-corrected chi connectivity index (χ3v) is 3.61. The third-order valence-electron chi connectivity index (χ3n) is 3.61. The summed E-state index contributed by atoms with van der Waals surface area (Å²) in [7, 11) is 0. The first-order valence-electron chi connectivity index (χ1n) is 6.05. The maximum absolute atomic E-state index is 12.4. The van der Waals surface area contributed by atoms with Gasteiger partial charge in [0.25, 0.3) is 0 Å². The molecule has 6 nitrogen and oxygen atoms in total. The van der Waals surface area contributed by atoms with Gasteiger partial charge in [0.1, 0.15) is 6.33 Å². The van der Waals surface area contributed by atoms with Gasteiger partial charge in [0.15, 0.2) is 5.82 Å². The monoisotopic (exact) mass is 237 g/mol. The number of hydrogen-bond donors (Lipinski definition) is 1. The molecule has 1 aliphatic rings. The maximum Gasteiger partial charge on any atom is 0.243 e. The number of hydrogen-bond acceptors (Lipinski definition) is 4. The molecule has 0 saturated heterocycles. The average molecular weight is 237 g/mol. The van der Waals surface area contributed by atoms with Gasteiger partial charge in [0.05, 0.1) is 12.1 Å². The molecule has 2 heterocycles. The van der Waals surface area contributed by atoms with E-state index in [0.29, 0.717) is 25.9 Å². The molecular weight excluding hydrogens is 218 g/mol. The van der Waals surface area contributed by atoms with Crippen LogP contribution in [-0.4, -0.2) is 37.7 Å². The van der Waals surface area contributed by atoms with E-state index in [1.54, 1.807) is 11.2 Å². The highest BCUT2D eigenvalue weighted by molar-refractivity contribution is 5.86. The van der Waals surface area contributed by atoms with Gasteiger partial charge in [-0.15, -0.1) is 10.2 Å². The molecule has 0 unspecified atom stereocenters. The summed E-state index contributed by atoms with van der Waals surface area (Å²) in [6, 6.07) is 0. The van der Waals surface area contributed by atoms with Gasteiger partial charge in [-0.25, -0.2) is 0 Å². The largest absolute Gasteiger partial charge is 0.332 e. The van der Waals surface area contributed by atoms with Crippen molar-refractivity contribution >= 4 is 5.91 Å². The Hall–Kier alpha value is -1.43. The van der Waals surface area contributed by atoms with Crippen molar-refractivity contribution in [1.29, 1.82) is 0 Å². The molecule has 0 saturated carbocycles. The van der Waals surface area contributed by atoms with Crippen molar-refractivity contribution in [3.8, 4) is 0 Å². The number of nitrogens with zero attached hydrogens (tertiary/aromatic N) is 4. The molecule has 2 N–H and O–H groups in total. The molecule has 1 amide bonds. The molecule has 1 aliphatic heterocycles. The van der Waals surface area contributed by atoms with E-state index in [2.05, 4.69) is 10.2 Å². The van der Waals surface area contributed by atoms with Crippen LogP contribution in [0.25, 0.3) is 0 Å². The summed E-state index contributed by atoms with van der Waals surface area (Å²) >= 11 is 0. The number of carbonyl (C=O) groups is 1. The van der Waals surface area contributed by atoms with E-state index in [-0.39, 0.29) is 5.91 Å². The molecule has 0 aliphatic carbocycles. The smallest absolute Gasteiger partial charge is 0.243 e. The van der Waals surface area contributed by atoms with Crippen molar-refractivity contribution in [3.05, 3.63) is 12.2 Å². The molecule has 0 bridgehead atoms. The predicted molar refractivity (Wildman–Crippen MR) is 62.9 cm³/mol. The first-order valence-corrected chi connectivity index (χ1v) is 6.05. The summed E-state index contributed by atoms with van der Waals surface area (Å²) in [5, 5.41) is 7.85. The van der Waals surface area contributed by atoms with Crippen LogP contribution in [0.5, 0.6) is 0 Å². The zero-order chi connectivity index (χ0) is 12.5. The Labute approximate surface area is 101 Å². The lowest BCUT2D eigenvalue weighted by Crippen LogP contribution is -2.56. The van der Waals surface area contributed by atoms with Gasteiger partial charge >= 0.3 is 0 Å². The second kappa shape index (κ2) is 4.44. The van der Waals surface area contributed by atoms with Crippen LogP contribution in [0, 0.1) is 0 Å². The Morgan fingerprint density at radius 3 is 2.82 bits per heavy atom. The summed E-state index contributed by atoms with van der Waals surface area (Å²) in [6.45, 7) is 5.85. The minimum absolute atomic E-state index is 0.0248. The zero-order valence-corrected chi connectivity index (χ0v) is 10.4. The summed E-state index contributed by atoms with van der Waals surface area (Å²) < 4.78 is 1.97. The summed E-state index contributed by atoms with van der Waals surface area (Å²) in [5.74, 6) is 0.857. The Morgan fingerprint density at radius 2 is 2.18 bits per heavy atom. The van der Waals surface area contributed by atoms with Crippen LogP contribution < -0.4 is 5.73 Å². The van der Waals surface area contributed by atoms with E-state index >= 15 is 0 Å². The molecule has 17 heavy (non-hydrogen) atoms. The van der Waals surface area contributed by atoms with Crippen molar-refractivity contribution in [2.75, 3.05) is 6.54 Å². The number of fused-ring (bicyclic) bond motifs is 1. The van der Waals surface area contributed by atoms with Gasteiger partial charge in [-0.3, -0.25) is 4.79 Å². The third kappa shape index (κ3) is 2.04. The van der Waals surface area contributed by atoms with Crippen LogP contribution in [0.1, 0.15) is 32.5 Å². The Bertz CT molecular complexity index is 410. The molecule has 0 fully saturated rings. The minimum atomic E-state index is -0.734. The van der Waals surface area contributed by atoms with Crippen LogP contribution in [0.3, 0.4) is 0 Å². The van der Waals surface area contributed by atoms with Crippen LogP contribution >= 0.6 is 0 Å². The molecule has 0 atom stereocenters. The molecule has 2 rings (SSSR count). The van der Waals surface area contributed by atoms with Crippen LogP contribution in [0.15, 0.2) is 6.33 Å². The fraction of sp³-hybridized carbons (Fsp3) is 0.727. The van der Waals surface area contributed by atoms with Gasteiger partial charge in [-0.05, 0) is 12.8 Å². The van der Waals surface area contributed by atoms with Crippen LogP contribution in [0.2, 0.25) is 0 Å². The molecule has 0 spiro atoms. The molecule has 1 aromatic rings. The summed E-state index contributed by atoms with van der Waals surface area (Å²) in [5.41, 5.74) is 5.40. The number of aromatic nitrogens is 3. The highest BCUT2D eigenvalue weighted by Crippen LogP contribution is 2.18. The quantitative estimate of drug-likeness (QED) is 0.811. The van der Waals surface area contributed by atoms with E-state index < -0.39 is 5.54 Å². The van der Waals surface area contributed by atoms with Gasteiger partial charge in [-0.2, -0.15) is 0 Å². The number of nitrogens with two attached hydrogens (primary N) is 1. The van der Waals surface area contributed by atoms with Gasteiger partial charge in [-0.1, -0.05) is 13.8 Å². The van der Waals surface area contributed by atoms with E-state index in [1.165, 1.54) is 0 Å².